The normalized spacial score (nSPS) is 11.4. The summed E-state index contributed by atoms with van der Waals surface area (Å²) >= 11 is 1.27. The number of aryl methyl sites for hydroxylation is 1. The molecule has 0 amide bonds. The first-order valence-corrected chi connectivity index (χ1v) is 8.09. The predicted octanol–water partition coefficient (Wildman–Crippen LogP) is 2.41. The zero-order chi connectivity index (χ0) is 16.4. The molecule has 1 N–H and O–H groups in total. The molecule has 3 aromatic rings. The van der Waals surface area contributed by atoms with E-state index in [9.17, 15) is 9.90 Å². The van der Waals surface area contributed by atoms with E-state index in [-0.39, 0.29) is 17.0 Å². The summed E-state index contributed by atoms with van der Waals surface area (Å²) in [5.74, 6) is 0.102. The first-order valence-electron chi connectivity index (χ1n) is 6.87. The van der Waals surface area contributed by atoms with Crippen molar-refractivity contribution in [3.05, 3.63) is 58.0 Å². The Labute approximate surface area is 136 Å². The van der Waals surface area contributed by atoms with Gasteiger partial charge in [-0.1, -0.05) is 42.1 Å². The summed E-state index contributed by atoms with van der Waals surface area (Å²) in [4.78, 5) is 12.2. The van der Waals surface area contributed by atoms with Crippen LogP contribution in [0.3, 0.4) is 0 Å². The van der Waals surface area contributed by atoms with E-state index < -0.39 is 0 Å². The van der Waals surface area contributed by atoms with Crippen LogP contribution < -0.4 is 5.56 Å². The maximum Gasteiger partial charge on any atom is 0.296 e. The summed E-state index contributed by atoms with van der Waals surface area (Å²) in [5, 5.41) is 24.3. The third-order valence-electron chi connectivity index (χ3n) is 3.40. The number of aromatic hydroxyl groups is 1. The number of rotatable bonds is 3. The maximum absolute atomic E-state index is 12.2. The van der Waals surface area contributed by atoms with Crippen LogP contribution in [0.2, 0.25) is 0 Å². The molecule has 0 unspecified atom stereocenters. The molecule has 2 aromatic carbocycles. The van der Waals surface area contributed by atoms with Gasteiger partial charge in [-0.25, -0.2) is 0 Å². The van der Waals surface area contributed by atoms with Gasteiger partial charge in [-0.05, 0) is 30.0 Å². The number of fused-ring (bicyclic) bond motifs is 1. The van der Waals surface area contributed by atoms with Crippen LogP contribution in [0.15, 0.2) is 51.5 Å². The van der Waals surface area contributed by atoms with E-state index in [1.807, 2.05) is 30.3 Å². The lowest BCUT2D eigenvalue weighted by atomic mass is 10.0. The Hall–Kier alpha value is -2.67. The number of hydrogen-bond donors (Lipinski definition) is 1. The van der Waals surface area contributed by atoms with Crippen molar-refractivity contribution in [2.75, 3.05) is 6.26 Å². The second-order valence-corrected chi connectivity index (χ2v) is 5.63. The van der Waals surface area contributed by atoms with E-state index in [0.717, 1.165) is 10.8 Å². The molecule has 1 heterocycles. The summed E-state index contributed by atoms with van der Waals surface area (Å²) in [6, 6.07) is 11.1. The Morgan fingerprint density at radius 1 is 1.22 bits per heavy atom. The van der Waals surface area contributed by atoms with Gasteiger partial charge in [-0.2, -0.15) is 9.78 Å². The summed E-state index contributed by atoms with van der Waals surface area (Å²) in [6.45, 7) is 1.58. The SMILES string of the molecule is CSc1nnc(C)c(=O)n1N=Cc1c(O)ccc2ccccc12. The summed E-state index contributed by atoms with van der Waals surface area (Å²) < 4.78 is 1.19. The van der Waals surface area contributed by atoms with Gasteiger partial charge in [0.1, 0.15) is 11.4 Å². The molecule has 0 radical (unpaired) electrons. The molecular formula is C16H14N4O2S. The van der Waals surface area contributed by atoms with Crippen molar-refractivity contribution in [3.63, 3.8) is 0 Å². The lowest BCUT2D eigenvalue weighted by molar-refractivity contribution is 0.475. The van der Waals surface area contributed by atoms with Crippen LogP contribution in [0, 0.1) is 6.92 Å². The van der Waals surface area contributed by atoms with Gasteiger partial charge in [0.25, 0.3) is 5.56 Å². The Morgan fingerprint density at radius 3 is 2.78 bits per heavy atom. The van der Waals surface area contributed by atoms with Crippen molar-refractivity contribution in [1.82, 2.24) is 14.9 Å². The third-order valence-corrected chi connectivity index (χ3v) is 4.02. The van der Waals surface area contributed by atoms with Crippen LogP contribution in [0.25, 0.3) is 10.8 Å². The van der Waals surface area contributed by atoms with Crippen LogP contribution in [-0.2, 0) is 0 Å². The van der Waals surface area contributed by atoms with Gasteiger partial charge in [-0.15, -0.1) is 10.2 Å². The maximum atomic E-state index is 12.2. The van der Waals surface area contributed by atoms with Gasteiger partial charge in [0, 0.05) is 5.56 Å². The topological polar surface area (TPSA) is 80.4 Å². The first-order chi connectivity index (χ1) is 11.1. The fraction of sp³-hybridized carbons (Fsp3) is 0.125. The van der Waals surface area contributed by atoms with Gasteiger partial charge in [0.05, 0.1) is 6.21 Å². The minimum Gasteiger partial charge on any atom is -0.507 e. The minimum absolute atomic E-state index is 0.102. The molecule has 0 saturated carbocycles. The lowest BCUT2D eigenvalue weighted by Gasteiger charge is -2.06. The van der Waals surface area contributed by atoms with E-state index in [0.29, 0.717) is 10.7 Å². The Balaban J connectivity index is 2.17. The third kappa shape index (κ3) is 2.83. The van der Waals surface area contributed by atoms with Gasteiger partial charge >= 0.3 is 0 Å². The fourth-order valence-electron chi connectivity index (χ4n) is 2.21. The molecule has 1 aromatic heterocycles. The largest absolute Gasteiger partial charge is 0.507 e. The monoisotopic (exact) mass is 326 g/mol. The highest BCUT2D eigenvalue weighted by Gasteiger charge is 2.09. The standard InChI is InChI=1S/C16H14N4O2S/c1-10-15(22)20(16(23-2)19-18-10)17-9-13-12-6-4-3-5-11(12)7-8-14(13)21/h3-9,21H,1-2H3. The Kier molecular flexibility index (Phi) is 4.12. The molecule has 116 valence electrons. The number of phenolic OH excluding ortho intramolecular Hbond substituents is 1. The fourth-order valence-corrected chi connectivity index (χ4v) is 2.63. The van der Waals surface area contributed by atoms with E-state index in [2.05, 4.69) is 15.3 Å². The van der Waals surface area contributed by atoms with Gasteiger partial charge in [0.2, 0.25) is 5.16 Å². The molecule has 0 atom stereocenters. The average molecular weight is 326 g/mol. The number of phenols is 1. The zero-order valence-electron chi connectivity index (χ0n) is 12.6. The molecule has 6 nitrogen and oxygen atoms in total. The highest BCUT2D eigenvalue weighted by molar-refractivity contribution is 7.98. The van der Waals surface area contributed by atoms with E-state index in [4.69, 9.17) is 0 Å². The number of nitrogens with zero attached hydrogens (tertiary/aromatic N) is 4. The smallest absolute Gasteiger partial charge is 0.296 e. The van der Waals surface area contributed by atoms with Crippen molar-refractivity contribution in [1.29, 1.82) is 0 Å². The second-order valence-electron chi connectivity index (χ2n) is 4.85. The molecule has 0 aliphatic heterocycles. The number of hydrogen-bond acceptors (Lipinski definition) is 6. The second kappa shape index (κ2) is 6.21. The molecule has 3 rings (SSSR count). The van der Waals surface area contributed by atoms with E-state index in [1.165, 1.54) is 22.7 Å². The molecule has 0 aliphatic carbocycles. The highest BCUT2D eigenvalue weighted by Crippen LogP contribution is 2.25. The first kappa shape index (κ1) is 15.2. The quantitative estimate of drug-likeness (QED) is 0.590. The van der Waals surface area contributed by atoms with Gasteiger partial charge in [-0.3, -0.25) is 4.79 Å². The highest BCUT2D eigenvalue weighted by atomic mass is 32.2. The average Bonchev–Trinajstić information content (AvgIpc) is 2.57. The van der Waals surface area contributed by atoms with Crippen molar-refractivity contribution in [2.45, 2.75) is 12.1 Å². The molecule has 0 spiro atoms. The van der Waals surface area contributed by atoms with Crippen molar-refractivity contribution < 1.29 is 5.11 Å². The molecule has 0 bridgehead atoms. The van der Waals surface area contributed by atoms with Crippen molar-refractivity contribution in [3.8, 4) is 5.75 Å². The van der Waals surface area contributed by atoms with Crippen molar-refractivity contribution >= 4 is 28.7 Å². The van der Waals surface area contributed by atoms with Crippen molar-refractivity contribution in [2.24, 2.45) is 5.10 Å². The van der Waals surface area contributed by atoms with E-state index in [1.54, 1.807) is 19.2 Å². The predicted molar refractivity (Wildman–Crippen MR) is 91.4 cm³/mol. The Morgan fingerprint density at radius 2 is 2.00 bits per heavy atom. The molecule has 7 heteroatoms. The van der Waals surface area contributed by atoms with Crippen LogP contribution in [-0.4, -0.2) is 32.5 Å². The molecule has 0 fully saturated rings. The molecule has 23 heavy (non-hydrogen) atoms. The van der Waals surface area contributed by atoms with Crippen LogP contribution in [0.4, 0.5) is 0 Å². The van der Waals surface area contributed by atoms with Crippen LogP contribution in [0.5, 0.6) is 5.75 Å². The molecule has 0 aliphatic rings. The van der Waals surface area contributed by atoms with Gasteiger partial charge in [0.15, 0.2) is 0 Å². The number of aromatic nitrogens is 3. The van der Waals surface area contributed by atoms with Crippen LogP contribution in [0.1, 0.15) is 11.3 Å². The van der Waals surface area contributed by atoms with Crippen LogP contribution >= 0.6 is 11.8 Å². The number of thioether (sulfide) groups is 1. The summed E-state index contributed by atoms with van der Waals surface area (Å²) in [6.07, 6.45) is 3.26. The number of benzene rings is 2. The zero-order valence-corrected chi connectivity index (χ0v) is 13.4. The summed E-state index contributed by atoms with van der Waals surface area (Å²) in [5.41, 5.74) is 0.485. The van der Waals surface area contributed by atoms with E-state index >= 15 is 0 Å². The molecule has 0 saturated heterocycles. The minimum atomic E-state index is -0.333. The lowest BCUT2D eigenvalue weighted by Crippen LogP contribution is -2.23. The van der Waals surface area contributed by atoms with Gasteiger partial charge < -0.3 is 5.11 Å². The Bertz CT molecular complexity index is 966. The summed E-state index contributed by atoms with van der Waals surface area (Å²) in [7, 11) is 0. The molecular weight excluding hydrogens is 312 g/mol.